The van der Waals surface area contributed by atoms with E-state index in [0.29, 0.717) is 19.0 Å². The highest BCUT2D eigenvalue weighted by Crippen LogP contribution is 2.31. The predicted octanol–water partition coefficient (Wildman–Crippen LogP) is 4.14. The summed E-state index contributed by atoms with van der Waals surface area (Å²) >= 11 is 0.789. The Balaban J connectivity index is 1.76. The molecular weight excluding hydrogens is 353 g/mol. The molecular formula is C16H25F3N4OS. The predicted molar refractivity (Wildman–Crippen MR) is 92.8 cm³/mol. The van der Waals surface area contributed by atoms with Gasteiger partial charge in [0.15, 0.2) is 10.8 Å². The molecule has 9 heteroatoms. The quantitative estimate of drug-likeness (QED) is 0.809. The number of nitrogens with one attached hydrogen (secondary N) is 1. The van der Waals surface area contributed by atoms with Gasteiger partial charge >= 0.3 is 12.2 Å². The smallest absolute Gasteiger partial charge is 0.324 e. The molecule has 5 nitrogen and oxygen atoms in total. The molecule has 0 atom stereocenters. The maximum atomic E-state index is 12.5. The average Bonchev–Trinajstić information content (AvgIpc) is 3.02. The van der Waals surface area contributed by atoms with Gasteiger partial charge in [0, 0.05) is 25.0 Å². The normalized spacial score (nSPS) is 16.5. The second kappa shape index (κ2) is 8.84. The SMILES string of the molecule is CCCCN(C)CC1CCN(C(=O)Nc2nc(C(F)(F)F)cs2)CC1. The van der Waals surface area contributed by atoms with E-state index in [1.54, 1.807) is 4.90 Å². The van der Waals surface area contributed by atoms with Crippen LogP contribution < -0.4 is 5.32 Å². The summed E-state index contributed by atoms with van der Waals surface area (Å²) in [5.74, 6) is 0.558. The molecule has 0 saturated carbocycles. The van der Waals surface area contributed by atoms with E-state index < -0.39 is 11.9 Å². The number of carbonyl (C=O) groups excluding carboxylic acids is 1. The van der Waals surface area contributed by atoms with E-state index in [-0.39, 0.29) is 11.2 Å². The van der Waals surface area contributed by atoms with E-state index in [2.05, 4.69) is 29.2 Å². The van der Waals surface area contributed by atoms with Gasteiger partial charge in [-0.05, 0) is 38.8 Å². The molecule has 1 aromatic heterocycles. The molecule has 25 heavy (non-hydrogen) atoms. The van der Waals surface area contributed by atoms with E-state index in [1.165, 1.54) is 12.8 Å². The largest absolute Gasteiger partial charge is 0.434 e. The van der Waals surface area contributed by atoms with Crippen LogP contribution in [-0.4, -0.2) is 54.0 Å². The number of anilines is 1. The highest BCUT2D eigenvalue weighted by molar-refractivity contribution is 7.13. The first-order valence-electron chi connectivity index (χ1n) is 8.56. The van der Waals surface area contributed by atoms with E-state index in [4.69, 9.17) is 0 Å². The lowest BCUT2D eigenvalue weighted by atomic mass is 9.96. The number of nitrogens with zero attached hydrogens (tertiary/aromatic N) is 3. The number of unbranched alkanes of at least 4 members (excludes halogenated alkanes) is 1. The van der Waals surface area contributed by atoms with Crippen LogP contribution in [0.4, 0.5) is 23.1 Å². The van der Waals surface area contributed by atoms with Crippen LogP contribution >= 0.6 is 11.3 Å². The molecule has 2 amide bonds. The van der Waals surface area contributed by atoms with Crippen LogP contribution in [0.25, 0.3) is 0 Å². The molecule has 142 valence electrons. The fraction of sp³-hybridized carbons (Fsp3) is 0.750. The van der Waals surface area contributed by atoms with Crippen molar-refractivity contribution >= 4 is 22.5 Å². The summed E-state index contributed by atoms with van der Waals surface area (Å²) in [6, 6.07) is -0.374. The molecule has 1 aromatic rings. The lowest BCUT2D eigenvalue weighted by molar-refractivity contribution is -0.140. The molecule has 0 aliphatic carbocycles. The van der Waals surface area contributed by atoms with Crippen LogP contribution in [0.15, 0.2) is 5.38 Å². The zero-order chi connectivity index (χ0) is 18.4. The Morgan fingerprint density at radius 2 is 2.12 bits per heavy atom. The molecule has 1 fully saturated rings. The average molecular weight is 378 g/mol. The van der Waals surface area contributed by atoms with E-state index >= 15 is 0 Å². The minimum Gasteiger partial charge on any atom is -0.324 e. The number of carbonyl (C=O) groups is 1. The van der Waals surface area contributed by atoms with E-state index in [9.17, 15) is 18.0 Å². The lowest BCUT2D eigenvalue weighted by Gasteiger charge is -2.33. The van der Waals surface area contributed by atoms with Gasteiger partial charge in [-0.3, -0.25) is 5.32 Å². The Morgan fingerprint density at radius 1 is 1.44 bits per heavy atom. The van der Waals surface area contributed by atoms with Crippen molar-refractivity contribution in [3.05, 3.63) is 11.1 Å². The summed E-state index contributed by atoms with van der Waals surface area (Å²) < 4.78 is 37.6. The number of likely N-dealkylation sites (tertiary alicyclic amines) is 1. The number of piperidine rings is 1. The minimum absolute atomic E-state index is 0.0150. The van der Waals surface area contributed by atoms with Gasteiger partial charge in [-0.15, -0.1) is 11.3 Å². The summed E-state index contributed by atoms with van der Waals surface area (Å²) in [7, 11) is 2.12. The Labute approximate surface area is 150 Å². The fourth-order valence-electron chi connectivity index (χ4n) is 2.91. The molecule has 0 aromatic carbocycles. The highest BCUT2D eigenvalue weighted by atomic mass is 32.1. The third-order valence-corrected chi connectivity index (χ3v) is 5.13. The van der Waals surface area contributed by atoms with Crippen molar-refractivity contribution in [2.24, 2.45) is 5.92 Å². The van der Waals surface area contributed by atoms with Crippen molar-refractivity contribution in [1.82, 2.24) is 14.8 Å². The van der Waals surface area contributed by atoms with E-state index in [1.807, 2.05) is 0 Å². The molecule has 0 spiro atoms. The Kier molecular flexibility index (Phi) is 7.06. The van der Waals surface area contributed by atoms with Crippen LogP contribution in [-0.2, 0) is 6.18 Å². The monoisotopic (exact) mass is 378 g/mol. The zero-order valence-electron chi connectivity index (χ0n) is 14.6. The van der Waals surface area contributed by atoms with Gasteiger partial charge < -0.3 is 9.80 Å². The van der Waals surface area contributed by atoms with Gasteiger partial charge in [-0.2, -0.15) is 13.2 Å². The number of rotatable bonds is 6. The number of aromatic nitrogens is 1. The number of hydrogen-bond donors (Lipinski definition) is 1. The van der Waals surface area contributed by atoms with Crippen molar-refractivity contribution in [2.45, 2.75) is 38.8 Å². The van der Waals surface area contributed by atoms with Crippen LogP contribution in [0, 0.1) is 5.92 Å². The Bertz CT molecular complexity index is 556. The second-order valence-electron chi connectivity index (χ2n) is 6.51. The van der Waals surface area contributed by atoms with Gasteiger partial charge in [-0.1, -0.05) is 13.3 Å². The van der Waals surface area contributed by atoms with Crippen molar-refractivity contribution in [3.63, 3.8) is 0 Å². The highest BCUT2D eigenvalue weighted by Gasteiger charge is 2.34. The molecule has 1 aliphatic heterocycles. The molecule has 0 unspecified atom stereocenters. The van der Waals surface area contributed by atoms with Gasteiger partial charge in [0.05, 0.1) is 0 Å². The summed E-state index contributed by atoms with van der Waals surface area (Å²) in [4.78, 5) is 19.6. The maximum absolute atomic E-state index is 12.5. The van der Waals surface area contributed by atoms with E-state index in [0.717, 1.165) is 42.6 Å². The Hall–Kier alpha value is -1.35. The molecule has 1 saturated heterocycles. The van der Waals surface area contributed by atoms with Crippen LogP contribution in [0.3, 0.4) is 0 Å². The van der Waals surface area contributed by atoms with Crippen molar-refractivity contribution in [3.8, 4) is 0 Å². The van der Waals surface area contributed by atoms with Crippen LogP contribution in [0.1, 0.15) is 38.3 Å². The van der Waals surface area contributed by atoms with Gasteiger partial charge in [0.25, 0.3) is 0 Å². The first-order chi connectivity index (χ1) is 11.8. The number of hydrogen-bond acceptors (Lipinski definition) is 4. The minimum atomic E-state index is -4.48. The molecule has 2 rings (SSSR count). The third-order valence-electron chi connectivity index (χ3n) is 4.37. The molecule has 2 heterocycles. The summed E-state index contributed by atoms with van der Waals surface area (Å²) in [6.45, 7) is 5.52. The summed E-state index contributed by atoms with van der Waals surface area (Å²) in [5.41, 5.74) is -0.971. The summed E-state index contributed by atoms with van der Waals surface area (Å²) in [6.07, 6.45) is -0.298. The zero-order valence-corrected chi connectivity index (χ0v) is 15.4. The number of thiazole rings is 1. The van der Waals surface area contributed by atoms with Crippen molar-refractivity contribution in [2.75, 3.05) is 38.5 Å². The topological polar surface area (TPSA) is 48.5 Å². The fourth-order valence-corrected chi connectivity index (χ4v) is 3.62. The van der Waals surface area contributed by atoms with Crippen molar-refractivity contribution in [1.29, 1.82) is 0 Å². The molecule has 0 radical (unpaired) electrons. The Morgan fingerprint density at radius 3 is 2.68 bits per heavy atom. The molecule has 1 aliphatic rings. The van der Waals surface area contributed by atoms with Gasteiger partial charge in [-0.25, -0.2) is 9.78 Å². The van der Waals surface area contributed by atoms with Crippen LogP contribution in [0.5, 0.6) is 0 Å². The lowest BCUT2D eigenvalue weighted by Crippen LogP contribution is -2.43. The van der Waals surface area contributed by atoms with Crippen LogP contribution in [0.2, 0.25) is 0 Å². The number of halogens is 3. The third kappa shape index (κ3) is 6.14. The van der Waals surface area contributed by atoms with Gasteiger partial charge in [0.1, 0.15) is 0 Å². The number of urea groups is 1. The molecule has 0 bridgehead atoms. The molecule has 1 N–H and O–H groups in total. The first-order valence-corrected chi connectivity index (χ1v) is 9.44. The number of alkyl halides is 3. The first kappa shape index (κ1) is 20.0. The number of amides is 2. The maximum Gasteiger partial charge on any atom is 0.434 e. The second-order valence-corrected chi connectivity index (χ2v) is 7.37. The van der Waals surface area contributed by atoms with Crippen molar-refractivity contribution < 1.29 is 18.0 Å². The van der Waals surface area contributed by atoms with Gasteiger partial charge in [0.2, 0.25) is 0 Å². The standard InChI is InChI=1S/C16H25F3N4OS/c1-3-4-7-22(2)10-12-5-8-23(9-6-12)15(24)21-14-20-13(11-25-14)16(17,18)19/h11-12H,3-10H2,1-2H3,(H,20,21,24). The summed E-state index contributed by atoms with van der Waals surface area (Å²) in [5, 5.41) is 3.37.